The fourth-order valence-corrected chi connectivity index (χ4v) is 6.58. The van der Waals surface area contributed by atoms with Crippen molar-refractivity contribution in [2.24, 2.45) is 4.99 Å². The van der Waals surface area contributed by atoms with Crippen molar-refractivity contribution in [1.29, 1.82) is 0 Å². The molecule has 1 atom stereocenters. The maximum Gasteiger partial charge on any atom is 0.337 e. The smallest absolute Gasteiger partial charge is 0.337 e. The molecule has 0 radical (unpaired) electrons. The lowest BCUT2D eigenvalue weighted by Gasteiger charge is -2.23. The van der Waals surface area contributed by atoms with Crippen LogP contribution >= 0.6 is 22.9 Å². The summed E-state index contributed by atoms with van der Waals surface area (Å²) in [4.78, 5) is 32.3. The molecule has 2 heterocycles. The second-order valence-electron chi connectivity index (χ2n) is 10.3. The van der Waals surface area contributed by atoms with Crippen molar-refractivity contribution in [3.05, 3.63) is 132 Å². The summed E-state index contributed by atoms with van der Waals surface area (Å²) in [5.74, 6) is 1.11. The number of rotatable bonds is 10. The monoisotopic (exact) mass is 654 g/mol. The molecule has 1 aliphatic heterocycles. The molecule has 0 spiro atoms. The Morgan fingerprint density at radius 1 is 0.935 bits per heavy atom. The highest BCUT2D eigenvalue weighted by Gasteiger charge is 2.31. The lowest BCUT2D eigenvalue weighted by atomic mass is 9.97. The third-order valence-corrected chi connectivity index (χ3v) is 8.92. The molecule has 1 aliphatic rings. The predicted molar refractivity (Wildman–Crippen MR) is 180 cm³/mol. The number of halogens is 1. The van der Waals surface area contributed by atoms with Gasteiger partial charge in [0.1, 0.15) is 12.4 Å². The van der Waals surface area contributed by atoms with E-state index in [0.717, 1.165) is 21.9 Å². The molecule has 10 heteroatoms. The number of esters is 1. The van der Waals surface area contributed by atoms with E-state index in [1.165, 1.54) is 29.2 Å². The summed E-state index contributed by atoms with van der Waals surface area (Å²) in [7, 11) is 1.31. The number of ether oxygens (including phenoxy) is 4. The molecular formula is C36H31ClN2O6S. The van der Waals surface area contributed by atoms with E-state index >= 15 is 0 Å². The molecule has 0 saturated carbocycles. The van der Waals surface area contributed by atoms with Crippen molar-refractivity contribution in [1.82, 2.24) is 4.57 Å². The average molecular weight is 655 g/mol. The molecule has 0 aliphatic carbocycles. The van der Waals surface area contributed by atoms with Crippen molar-refractivity contribution < 1.29 is 23.7 Å². The van der Waals surface area contributed by atoms with E-state index in [1.807, 2.05) is 86.7 Å². The molecule has 5 aromatic rings. The summed E-state index contributed by atoms with van der Waals surface area (Å²) >= 11 is 7.64. The van der Waals surface area contributed by atoms with Gasteiger partial charge in [-0.15, -0.1) is 0 Å². The zero-order chi connectivity index (χ0) is 32.2. The Labute approximate surface area is 274 Å². The van der Waals surface area contributed by atoms with Crippen LogP contribution in [0.2, 0.25) is 5.02 Å². The van der Waals surface area contributed by atoms with Crippen molar-refractivity contribution >= 4 is 45.8 Å². The zero-order valence-electron chi connectivity index (χ0n) is 25.5. The van der Waals surface area contributed by atoms with Gasteiger partial charge in [-0.05, 0) is 60.5 Å². The van der Waals surface area contributed by atoms with E-state index < -0.39 is 12.0 Å². The number of methoxy groups -OCH3 is 1. The molecule has 0 bridgehead atoms. The first-order valence-corrected chi connectivity index (χ1v) is 16.0. The van der Waals surface area contributed by atoms with E-state index in [1.54, 1.807) is 12.1 Å². The molecule has 4 aromatic carbocycles. The highest BCUT2D eigenvalue weighted by molar-refractivity contribution is 7.07. The van der Waals surface area contributed by atoms with Gasteiger partial charge in [0.05, 0.1) is 36.5 Å². The van der Waals surface area contributed by atoms with Crippen molar-refractivity contribution in [3.8, 4) is 17.2 Å². The number of fused-ring (bicyclic) bond motifs is 2. The number of thiazole rings is 1. The highest BCUT2D eigenvalue weighted by Crippen LogP contribution is 2.35. The molecule has 0 N–H and O–H groups in total. The molecule has 0 saturated heterocycles. The Morgan fingerprint density at radius 2 is 1.67 bits per heavy atom. The highest BCUT2D eigenvalue weighted by atomic mass is 35.5. The molecule has 1 aromatic heterocycles. The molecular weight excluding hydrogens is 624 g/mol. The third-order valence-electron chi connectivity index (χ3n) is 7.56. The van der Waals surface area contributed by atoms with Gasteiger partial charge in [-0.2, -0.15) is 0 Å². The van der Waals surface area contributed by atoms with Crippen LogP contribution in [-0.2, 0) is 16.1 Å². The fraction of sp³-hybridized carbons (Fsp3) is 0.194. The molecule has 6 rings (SSSR count). The van der Waals surface area contributed by atoms with E-state index in [4.69, 9.17) is 30.5 Å². The number of carbonyl (C=O) groups excluding carboxylic acids is 1. The van der Waals surface area contributed by atoms with Crippen LogP contribution < -0.4 is 29.1 Å². The van der Waals surface area contributed by atoms with Crippen LogP contribution in [0, 0.1) is 0 Å². The zero-order valence-corrected chi connectivity index (χ0v) is 27.1. The average Bonchev–Trinajstić information content (AvgIpc) is 3.39. The summed E-state index contributed by atoms with van der Waals surface area (Å²) in [6.45, 7) is 4.90. The minimum atomic E-state index is -0.802. The van der Waals surface area contributed by atoms with Gasteiger partial charge < -0.3 is 18.9 Å². The van der Waals surface area contributed by atoms with Crippen LogP contribution in [0.3, 0.4) is 0 Å². The maximum absolute atomic E-state index is 14.3. The second-order valence-corrected chi connectivity index (χ2v) is 11.7. The first-order valence-electron chi connectivity index (χ1n) is 14.8. The number of aromatic nitrogens is 1. The first-order chi connectivity index (χ1) is 22.4. The van der Waals surface area contributed by atoms with E-state index in [2.05, 4.69) is 4.99 Å². The quantitative estimate of drug-likeness (QED) is 0.167. The number of carbonyl (C=O) groups is 1. The van der Waals surface area contributed by atoms with Crippen LogP contribution in [0.1, 0.15) is 36.6 Å². The summed E-state index contributed by atoms with van der Waals surface area (Å²) < 4.78 is 25.0. The van der Waals surface area contributed by atoms with E-state index in [-0.39, 0.29) is 17.7 Å². The predicted octanol–water partition coefficient (Wildman–Crippen LogP) is 6.20. The lowest BCUT2D eigenvalue weighted by Crippen LogP contribution is -2.39. The summed E-state index contributed by atoms with van der Waals surface area (Å²) in [6.07, 6.45) is 3.30. The van der Waals surface area contributed by atoms with Gasteiger partial charge in [-0.3, -0.25) is 9.36 Å². The number of hydrogen-bond acceptors (Lipinski definition) is 8. The fourth-order valence-electron chi connectivity index (χ4n) is 5.44. The molecule has 234 valence electrons. The molecule has 0 unspecified atom stereocenters. The Bertz CT molecular complexity index is 2150. The summed E-state index contributed by atoms with van der Waals surface area (Å²) in [5.41, 5.74) is 2.17. The third kappa shape index (κ3) is 6.03. The van der Waals surface area contributed by atoms with Crippen LogP contribution in [0.5, 0.6) is 17.2 Å². The molecule has 46 heavy (non-hydrogen) atoms. The van der Waals surface area contributed by atoms with Gasteiger partial charge >= 0.3 is 5.97 Å². The van der Waals surface area contributed by atoms with Crippen LogP contribution in [0.4, 0.5) is 0 Å². The van der Waals surface area contributed by atoms with Gasteiger partial charge in [-0.1, -0.05) is 77.5 Å². The Hall–Kier alpha value is -4.86. The van der Waals surface area contributed by atoms with Gasteiger partial charge in [0, 0.05) is 22.3 Å². The molecule has 0 amide bonds. The minimum absolute atomic E-state index is 0.224. The van der Waals surface area contributed by atoms with Gasteiger partial charge in [0.2, 0.25) is 0 Å². The van der Waals surface area contributed by atoms with Crippen molar-refractivity contribution in [2.75, 3.05) is 20.3 Å². The van der Waals surface area contributed by atoms with Gasteiger partial charge in [0.15, 0.2) is 16.3 Å². The van der Waals surface area contributed by atoms with Crippen LogP contribution in [0.15, 0.2) is 100 Å². The second kappa shape index (κ2) is 13.6. The van der Waals surface area contributed by atoms with Crippen molar-refractivity contribution in [3.63, 3.8) is 0 Å². The summed E-state index contributed by atoms with van der Waals surface area (Å²) in [5, 5.41) is 2.53. The largest absolute Gasteiger partial charge is 0.490 e. The Kier molecular flexibility index (Phi) is 9.23. The normalized spacial score (nSPS) is 14.3. The minimum Gasteiger partial charge on any atom is -0.490 e. The van der Waals surface area contributed by atoms with Crippen molar-refractivity contribution in [2.45, 2.75) is 26.5 Å². The topological polar surface area (TPSA) is 88.4 Å². The van der Waals surface area contributed by atoms with Gasteiger partial charge in [0.25, 0.3) is 5.56 Å². The molecule has 0 fully saturated rings. The first kappa shape index (κ1) is 31.1. The SMILES string of the molecule is CCOc1ccc([C@H]2C(C(=O)OC)=CN=c3s/c(=C/c4c(OCc5ccccc5Cl)ccc5ccccc45)c(=O)n32)cc1OCC. The standard InChI is InChI=1S/C36H31ClN2O6S/c1-4-43-30-17-15-23(18-31(30)44-5-2)33-27(35(41)42-3)20-38-36-39(33)34(40)32(46-36)19-26-25-12-8-6-10-22(25)14-16-29(26)45-21-24-11-7-9-13-28(24)37/h6-20,33H,4-5,21H2,1-3H3/b32-19+/t33-/m0/s1. The van der Waals surface area contributed by atoms with Gasteiger partial charge in [-0.25, -0.2) is 9.79 Å². The van der Waals surface area contributed by atoms with Crippen LogP contribution in [-0.4, -0.2) is 30.9 Å². The number of benzene rings is 4. The number of nitrogens with zero attached hydrogens (tertiary/aromatic N) is 2. The maximum atomic E-state index is 14.3. The molecule has 8 nitrogen and oxygen atoms in total. The van der Waals surface area contributed by atoms with E-state index in [0.29, 0.717) is 50.4 Å². The summed E-state index contributed by atoms with van der Waals surface area (Å²) in [6, 6.07) is 23.9. The Balaban J connectivity index is 1.51. The number of hydrogen-bond donors (Lipinski definition) is 0. The van der Waals surface area contributed by atoms with Crippen LogP contribution in [0.25, 0.3) is 16.8 Å². The lowest BCUT2D eigenvalue weighted by molar-refractivity contribution is -0.136. The van der Waals surface area contributed by atoms with E-state index in [9.17, 15) is 9.59 Å². The Morgan fingerprint density at radius 3 is 2.46 bits per heavy atom.